The maximum Gasteiger partial charge on any atom is 0.410 e. The van der Waals surface area contributed by atoms with E-state index < -0.39 is 5.95 Å². The minimum Gasteiger partial charge on any atom is -0.448 e. The summed E-state index contributed by atoms with van der Waals surface area (Å²) in [5, 5.41) is 0. The molecular weight excluding hydrogens is 443 g/mol. The Morgan fingerprint density at radius 1 is 0.914 bits per heavy atom. The minimum atomic E-state index is -0.721. The smallest absolute Gasteiger partial charge is 0.410 e. The molecule has 1 aliphatic carbocycles. The largest absolute Gasteiger partial charge is 0.448 e. The maximum absolute atomic E-state index is 14.1. The molecule has 2 aromatic carbocycles. The van der Waals surface area contributed by atoms with E-state index in [2.05, 4.69) is 29.2 Å². The minimum absolute atomic E-state index is 0.0128. The number of rotatable bonds is 4. The van der Waals surface area contributed by atoms with Crippen LogP contribution in [0.3, 0.4) is 0 Å². The Labute approximate surface area is 203 Å². The highest BCUT2D eigenvalue weighted by Gasteiger charge is 2.44. The lowest BCUT2D eigenvalue weighted by Gasteiger charge is -2.47. The number of nitrogens with zero attached hydrogens (tertiary/aromatic N) is 2. The molecule has 0 saturated carbocycles. The third kappa shape index (κ3) is 3.81. The average molecular weight is 471 g/mol. The first-order valence-corrected chi connectivity index (χ1v) is 12.4. The lowest BCUT2D eigenvalue weighted by molar-refractivity contribution is 0.00640. The number of halogens is 1. The van der Waals surface area contributed by atoms with Crippen LogP contribution in [0, 0.1) is 11.9 Å². The maximum atomic E-state index is 14.1. The standard InChI is InChI=1S/C29H27FN2O3/c30-28-25(13-6-14-31-28)27(33)18-15-19-7-5-8-20(16-18)32(19)29(34)35-17-26-23-11-3-1-9-21(23)22-10-2-4-12-24(22)26/h1-4,6,9-14,18-20,26H,5,7-8,15-17H2. The van der Waals surface area contributed by atoms with Crippen LogP contribution in [-0.4, -0.2) is 40.5 Å². The van der Waals surface area contributed by atoms with Crippen LogP contribution in [0.4, 0.5) is 9.18 Å². The number of hydrogen-bond acceptors (Lipinski definition) is 4. The molecular formula is C29H27FN2O3. The van der Waals surface area contributed by atoms with Crippen molar-refractivity contribution >= 4 is 11.9 Å². The van der Waals surface area contributed by atoms with Crippen LogP contribution < -0.4 is 0 Å². The molecule has 35 heavy (non-hydrogen) atoms. The Morgan fingerprint density at radius 3 is 2.17 bits per heavy atom. The molecule has 2 saturated heterocycles. The quantitative estimate of drug-likeness (QED) is 0.347. The second kappa shape index (κ2) is 8.91. The molecule has 0 spiro atoms. The zero-order chi connectivity index (χ0) is 23.9. The van der Waals surface area contributed by atoms with Crippen molar-refractivity contribution in [3.05, 3.63) is 89.5 Å². The van der Waals surface area contributed by atoms with Gasteiger partial charge in [0.2, 0.25) is 5.95 Å². The highest BCUT2D eigenvalue weighted by Crippen LogP contribution is 2.45. The lowest BCUT2D eigenvalue weighted by Crippen LogP contribution is -2.56. The molecule has 6 heteroatoms. The van der Waals surface area contributed by atoms with E-state index in [1.165, 1.54) is 34.5 Å². The van der Waals surface area contributed by atoms with E-state index in [4.69, 9.17) is 4.74 Å². The molecule has 3 aromatic rings. The second-order valence-corrected chi connectivity index (χ2v) is 9.82. The molecule has 178 valence electrons. The number of aromatic nitrogens is 1. The van der Waals surface area contributed by atoms with Gasteiger partial charge in [-0.15, -0.1) is 0 Å². The van der Waals surface area contributed by atoms with Crippen LogP contribution >= 0.6 is 0 Å². The number of ketones is 1. The van der Waals surface area contributed by atoms with Gasteiger partial charge in [-0.2, -0.15) is 4.39 Å². The number of amides is 1. The lowest BCUT2D eigenvalue weighted by atomic mass is 9.76. The first-order chi connectivity index (χ1) is 17.1. The summed E-state index contributed by atoms with van der Waals surface area (Å²) in [6.45, 7) is 0.284. The summed E-state index contributed by atoms with van der Waals surface area (Å²) in [6.07, 6.45) is 4.80. The van der Waals surface area contributed by atoms with Gasteiger partial charge < -0.3 is 9.64 Å². The summed E-state index contributed by atoms with van der Waals surface area (Å²) in [4.78, 5) is 31.9. The Bertz CT molecular complexity index is 1230. The third-order valence-electron chi connectivity index (χ3n) is 7.92. The van der Waals surface area contributed by atoms with Gasteiger partial charge in [0.1, 0.15) is 6.61 Å². The molecule has 2 fully saturated rings. The average Bonchev–Trinajstić information content (AvgIpc) is 3.20. The van der Waals surface area contributed by atoms with Crippen molar-refractivity contribution in [2.24, 2.45) is 5.92 Å². The van der Waals surface area contributed by atoms with Gasteiger partial charge in [0, 0.05) is 30.1 Å². The first-order valence-electron chi connectivity index (χ1n) is 12.4. The van der Waals surface area contributed by atoms with E-state index in [0.29, 0.717) is 12.8 Å². The molecule has 2 unspecified atom stereocenters. The molecule has 2 aliphatic heterocycles. The Morgan fingerprint density at radius 2 is 1.54 bits per heavy atom. The van der Waals surface area contributed by atoms with Crippen LogP contribution in [0.25, 0.3) is 11.1 Å². The number of benzene rings is 2. The van der Waals surface area contributed by atoms with Crippen LogP contribution in [-0.2, 0) is 4.74 Å². The Kier molecular flexibility index (Phi) is 5.59. The SMILES string of the molecule is O=C(c1cccnc1F)C1CC2CCCC(C1)N2C(=O)OCC1c2ccccc2-c2ccccc21. The molecule has 6 rings (SSSR count). The molecule has 3 aliphatic rings. The predicted molar refractivity (Wildman–Crippen MR) is 130 cm³/mol. The van der Waals surface area contributed by atoms with E-state index in [1.54, 1.807) is 6.07 Å². The summed E-state index contributed by atoms with van der Waals surface area (Å²) in [6, 6.07) is 19.5. The number of carbonyl (C=O) groups is 2. The van der Waals surface area contributed by atoms with E-state index in [-0.39, 0.29) is 48.0 Å². The Balaban J connectivity index is 1.17. The first kappa shape index (κ1) is 22.0. The predicted octanol–water partition coefficient (Wildman–Crippen LogP) is 5.99. The normalized spacial score (nSPS) is 22.9. The number of ether oxygens (including phenoxy) is 1. The summed E-state index contributed by atoms with van der Waals surface area (Å²) >= 11 is 0. The van der Waals surface area contributed by atoms with E-state index in [9.17, 15) is 14.0 Å². The second-order valence-electron chi connectivity index (χ2n) is 9.82. The van der Waals surface area contributed by atoms with Crippen molar-refractivity contribution in [3.8, 4) is 11.1 Å². The summed E-state index contributed by atoms with van der Waals surface area (Å²) < 4.78 is 20.1. The van der Waals surface area contributed by atoms with Gasteiger partial charge in [-0.1, -0.05) is 48.5 Å². The van der Waals surface area contributed by atoms with Gasteiger partial charge in [-0.05, 0) is 66.5 Å². The van der Waals surface area contributed by atoms with Crippen molar-refractivity contribution in [2.75, 3.05) is 6.61 Å². The summed E-state index contributed by atoms with van der Waals surface area (Å²) in [7, 11) is 0. The van der Waals surface area contributed by atoms with Gasteiger partial charge in [0.05, 0.1) is 5.56 Å². The van der Waals surface area contributed by atoms with Gasteiger partial charge in [0.15, 0.2) is 5.78 Å². The number of Topliss-reactive ketones (excluding diaryl/α,β-unsaturated/α-hetero) is 1. The molecule has 3 heterocycles. The molecule has 0 N–H and O–H groups in total. The number of fused-ring (bicyclic) bond motifs is 5. The van der Waals surface area contributed by atoms with Crippen LogP contribution in [0.15, 0.2) is 66.9 Å². The number of piperidine rings is 2. The third-order valence-corrected chi connectivity index (χ3v) is 7.92. The number of carbonyl (C=O) groups excluding carboxylic acids is 2. The monoisotopic (exact) mass is 470 g/mol. The van der Waals surface area contributed by atoms with Crippen LogP contribution in [0.1, 0.15) is 59.5 Å². The molecule has 2 atom stereocenters. The molecule has 5 nitrogen and oxygen atoms in total. The highest BCUT2D eigenvalue weighted by molar-refractivity contribution is 5.98. The van der Waals surface area contributed by atoms with Crippen molar-refractivity contribution in [2.45, 2.75) is 50.1 Å². The zero-order valence-corrected chi connectivity index (χ0v) is 19.4. The van der Waals surface area contributed by atoms with E-state index >= 15 is 0 Å². The fraction of sp³-hybridized carbons (Fsp3) is 0.345. The number of hydrogen-bond donors (Lipinski definition) is 0. The van der Waals surface area contributed by atoms with Crippen LogP contribution in [0.2, 0.25) is 0 Å². The summed E-state index contributed by atoms with van der Waals surface area (Å²) in [5.74, 6) is -1.22. The molecule has 1 aromatic heterocycles. The van der Waals surface area contributed by atoms with Crippen LogP contribution in [0.5, 0.6) is 0 Å². The zero-order valence-electron chi connectivity index (χ0n) is 19.4. The van der Waals surface area contributed by atoms with Crippen molar-refractivity contribution in [1.82, 2.24) is 9.88 Å². The number of pyridine rings is 1. The van der Waals surface area contributed by atoms with Gasteiger partial charge in [0.25, 0.3) is 0 Å². The molecule has 0 radical (unpaired) electrons. The van der Waals surface area contributed by atoms with E-state index in [1.807, 2.05) is 29.2 Å². The highest BCUT2D eigenvalue weighted by atomic mass is 19.1. The Hall–Kier alpha value is -3.54. The van der Waals surface area contributed by atoms with Crippen molar-refractivity contribution < 1.29 is 18.7 Å². The van der Waals surface area contributed by atoms with Gasteiger partial charge in [-0.25, -0.2) is 9.78 Å². The topological polar surface area (TPSA) is 59.5 Å². The van der Waals surface area contributed by atoms with Crippen molar-refractivity contribution in [3.63, 3.8) is 0 Å². The van der Waals surface area contributed by atoms with Crippen molar-refractivity contribution in [1.29, 1.82) is 0 Å². The van der Waals surface area contributed by atoms with Gasteiger partial charge >= 0.3 is 6.09 Å². The van der Waals surface area contributed by atoms with E-state index in [0.717, 1.165) is 19.3 Å². The fourth-order valence-electron chi connectivity index (χ4n) is 6.35. The fourth-order valence-corrected chi connectivity index (χ4v) is 6.35. The summed E-state index contributed by atoms with van der Waals surface area (Å²) in [5.41, 5.74) is 4.81. The van der Waals surface area contributed by atoms with Gasteiger partial charge in [-0.3, -0.25) is 4.79 Å². The molecule has 1 amide bonds. The molecule has 2 bridgehead atoms.